The van der Waals surface area contributed by atoms with Crippen molar-refractivity contribution in [2.24, 2.45) is 5.73 Å². The van der Waals surface area contributed by atoms with Gasteiger partial charge in [0.15, 0.2) is 0 Å². The van der Waals surface area contributed by atoms with Gasteiger partial charge in [-0.1, -0.05) is 30.4 Å². The maximum atomic E-state index is 11.2. The van der Waals surface area contributed by atoms with Gasteiger partial charge < -0.3 is 11.1 Å². The molecule has 1 aromatic heterocycles. The molecule has 0 bridgehead atoms. The maximum absolute atomic E-state index is 11.2. The molecule has 112 valence electrons. The Kier molecular flexibility index (Phi) is 5.25. The van der Waals surface area contributed by atoms with E-state index in [9.17, 15) is 4.21 Å². The predicted octanol–water partition coefficient (Wildman–Crippen LogP) is 2.44. The highest BCUT2D eigenvalue weighted by Crippen LogP contribution is 2.26. The molecule has 2 unspecified atom stereocenters. The van der Waals surface area contributed by atoms with E-state index in [1.165, 1.54) is 0 Å². The molecule has 4 nitrogen and oxygen atoms in total. The Balaban J connectivity index is 2.37. The standard InChI is InChI=1S/C15H19N3OS2/c1-10(7-8-21(2)19)18-14-11-5-3-4-6-13(11)17-9-12(14)15(16)20/h3-6,9-10H,7-8H2,1-2H3,(H2,16,20)(H,17,18). The van der Waals surface area contributed by atoms with Crippen LogP contribution >= 0.6 is 12.2 Å². The van der Waals surface area contributed by atoms with Crippen molar-refractivity contribution < 1.29 is 4.21 Å². The lowest BCUT2D eigenvalue weighted by Crippen LogP contribution is -2.21. The molecule has 2 rings (SSSR count). The van der Waals surface area contributed by atoms with Gasteiger partial charge in [-0.3, -0.25) is 9.19 Å². The molecule has 0 radical (unpaired) electrons. The largest absolute Gasteiger partial charge is 0.389 e. The second kappa shape index (κ2) is 6.95. The molecule has 0 saturated heterocycles. The van der Waals surface area contributed by atoms with E-state index in [2.05, 4.69) is 17.2 Å². The van der Waals surface area contributed by atoms with Crippen LogP contribution in [0.3, 0.4) is 0 Å². The number of hydrogen-bond acceptors (Lipinski definition) is 4. The molecule has 1 aromatic carbocycles. The number of fused-ring (bicyclic) bond motifs is 1. The number of nitrogens with two attached hydrogens (primary N) is 1. The molecule has 21 heavy (non-hydrogen) atoms. The minimum absolute atomic E-state index is 0.174. The molecule has 2 atom stereocenters. The molecule has 0 amide bonds. The van der Waals surface area contributed by atoms with Crippen molar-refractivity contribution in [2.75, 3.05) is 17.3 Å². The number of pyridine rings is 1. The summed E-state index contributed by atoms with van der Waals surface area (Å²) >= 11 is 5.12. The Morgan fingerprint density at radius 3 is 2.86 bits per heavy atom. The van der Waals surface area contributed by atoms with Crippen molar-refractivity contribution in [1.82, 2.24) is 4.98 Å². The number of nitrogens with zero attached hydrogens (tertiary/aromatic N) is 1. The third-order valence-electron chi connectivity index (χ3n) is 3.27. The fourth-order valence-corrected chi connectivity index (χ4v) is 2.99. The lowest BCUT2D eigenvalue weighted by Gasteiger charge is -2.19. The zero-order chi connectivity index (χ0) is 15.4. The molecule has 1 heterocycles. The summed E-state index contributed by atoms with van der Waals surface area (Å²) in [6, 6.07) is 8.04. The van der Waals surface area contributed by atoms with Gasteiger partial charge in [-0.15, -0.1) is 0 Å². The number of rotatable bonds is 6. The zero-order valence-corrected chi connectivity index (χ0v) is 13.8. The summed E-state index contributed by atoms with van der Waals surface area (Å²) in [7, 11) is -0.788. The first-order chi connectivity index (χ1) is 9.99. The summed E-state index contributed by atoms with van der Waals surface area (Å²) in [5.74, 6) is 0.666. The van der Waals surface area contributed by atoms with Gasteiger partial charge >= 0.3 is 0 Å². The smallest absolute Gasteiger partial charge is 0.107 e. The van der Waals surface area contributed by atoms with E-state index in [-0.39, 0.29) is 6.04 Å². The number of thiocarbonyl (C=S) groups is 1. The van der Waals surface area contributed by atoms with Crippen LogP contribution in [0.5, 0.6) is 0 Å². The van der Waals surface area contributed by atoms with Crippen molar-refractivity contribution in [3.8, 4) is 0 Å². The summed E-state index contributed by atoms with van der Waals surface area (Å²) in [4.78, 5) is 4.71. The molecule has 0 aliphatic heterocycles. The van der Waals surface area contributed by atoms with E-state index >= 15 is 0 Å². The number of benzene rings is 1. The Hall–Kier alpha value is -1.53. The van der Waals surface area contributed by atoms with E-state index < -0.39 is 10.8 Å². The minimum Gasteiger partial charge on any atom is -0.389 e. The third kappa shape index (κ3) is 3.98. The van der Waals surface area contributed by atoms with Gasteiger partial charge in [0.05, 0.1) is 16.8 Å². The minimum atomic E-state index is -0.788. The van der Waals surface area contributed by atoms with Crippen LogP contribution in [0.25, 0.3) is 10.9 Å². The highest BCUT2D eigenvalue weighted by Gasteiger charge is 2.13. The fourth-order valence-electron chi connectivity index (χ4n) is 2.14. The van der Waals surface area contributed by atoms with Gasteiger partial charge in [0.1, 0.15) is 4.99 Å². The molecule has 0 saturated carbocycles. The SMILES string of the molecule is CC(CCS(C)=O)Nc1c(C(N)=S)cnc2ccccc12. The van der Waals surface area contributed by atoms with Crippen molar-refractivity contribution in [1.29, 1.82) is 0 Å². The average Bonchev–Trinajstić information content (AvgIpc) is 2.45. The molecule has 0 spiro atoms. The Morgan fingerprint density at radius 1 is 1.48 bits per heavy atom. The maximum Gasteiger partial charge on any atom is 0.107 e. The highest BCUT2D eigenvalue weighted by atomic mass is 32.2. The quantitative estimate of drug-likeness (QED) is 0.800. The second-order valence-electron chi connectivity index (χ2n) is 5.04. The van der Waals surface area contributed by atoms with Crippen LogP contribution in [-0.2, 0) is 10.8 Å². The first-order valence-corrected chi connectivity index (χ1v) is 8.86. The van der Waals surface area contributed by atoms with Crippen LogP contribution < -0.4 is 11.1 Å². The van der Waals surface area contributed by atoms with Gasteiger partial charge in [0, 0.05) is 40.4 Å². The van der Waals surface area contributed by atoms with Crippen molar-refractivity contribution in [3.63, 3.8) is 0 Å². The van der Waals surface area contributed by atoms with Crippen LogP contribution in [0.15, 0.2) is 30.5 Å². The first kappa shape index (κ1) is 15.9. The lowest BCUT2D eigenvalue weighted by molar-refractivity contribution is 0.678. The van der Waals surface area contributed by atoms with Gasteiger partial charge in [-0.2, -0.15) is 0 Å². The summed E-state index contributed by atoms with van der Waals surface area (Å²) in [5, 5.41) is 4.44. The van der Waals surface area contributed by atoms with E-state index in [4.69, 9.17) is 18.0 Å². The van der Waals surface area contributed by atoms with Crippen LogP contribution in [0.1, 0.15) is 18.9 Å². The van der Waals surface area contributed by atoms with E-state index in [0.717, 1.165) is 28.6 Å². The van der Waals surface area contributed by atoms with Crippen molar-refractivity contribution in [2.45, 2.75) is 19.4 Å². The van der Waals surface area contributed by atoms with E-state index in [1.54, 1.807) is 12.5 Å². The number of aromatic nitrogens is 1. The zero-order valence-electron chi connectivity index (χ0n) is 12.1. The lowest BCUT2D eigenvalue weighted by atomic mass is 10.1. The van der Waals surface area contributed by atoms with Gasteiger partial charge in [-0.25, -0.2) is 0 Å². The highest BCUT2D eigenvalue weighted by molar-refractivity contribution is 7.84. The third-order valence-corrected chi connectivity index (χ3v) is 4.30. The van der Waals surface area contributed by atoms with Gasteiger partial charge in [0.2, 0.25) is 0 Å². The number of hydrogen-bond donors (Lipinski definition) is 2. The molecule has 0 aliphatic rings. The fraction of sp³-hybridized carbons (Fsp3) is 0.333. The Bertz CT molecular complexity index is 688. The van der Waals surface area contributed by atoms with Crippen LogP contribution in [0.4, 0.5) is 5.69 Å². The second-order valence-corrected chi connectivity index (χ2v) is 7.03. The molecule has 2 aromatic rings. The topological polar surface area (TPSA) is 68.0 Å². The summed E-state index contributed by atoms with van der Waals surface area (Å²) in [6.45, 7) is 2.06. The molecular formula is C15H19N3OS2. The molecule has 3 N–H and O–H groups in total. The Morgan fingerprint density at radius 2 is 2.19 bits per heavy atom. The summed E-state index contributed by atoms with van der Waals surface area (Å²) in [6.07, 6.45) is 4.24. The summed E-state index contributed by atoms with van der Waals surface area (Å²) in [5.41, 5.74) is 8.35. The van der Waals surface area contributed by atoms with E-state index in [0.29, 0.717) is 10.7 Å². The monoisotopic (exact) mass is 321 g/mol. The Labute approximate surface area is 132 Å². The average molecular weight is 321 g/mol. The molecular weight excluding hydrogens is 302 g/mol. The van der Waals surface area contributed by atoms with Gasteiger partial charge in [-0.05, 0) is 19.4 Å². The van der Waals surface area contributed by atoms with Crippen molar-refractivity contribution in [3.05, 3.63) is 36.0 Å². The number of nitrogens with one attached hydrogen (secondary N) is 1. The summed E-state index contributed by atoms with van der Waals surface area (Å²) < 4.78 is 11.2. The normalized spacial score (nSPS) is 13.8. The van der Waals surface area contributed by atoms with E-state index in [1.807, 2.05) is 24.3 Å². The number of para-hydroxylation sites is 1. The molecule has 0 fully saturated rings. The van der Waals surface area contributed by atoms with Crippen molar-refractivity contribution >= 4 is 44.6 Å². The number of anilines is 1. The van der Waals surface area contributed by atoms with Crippen LogP contribution in [0.2, 0.25) is 0 Å². The predicted molar refractivity (Wildman–Crippen MR) is 94.3 cm³/mol. The first-order valence-electron chi connectivity index (χ1n) is 6.73. The molecule has 6 heteroatoms. The van der Waals surface area contributed by atoms with Crippen LogP contribution in [-0.4, -0.2) is 32.2 Å². The van der Waals surface area contributed by atoms with Crippen LogP contribution in [0, 0.1) is 0 Å². The molecule has 0 aliphatic carbocycles. The van der Waals surface area contributed by atoms with Gasteiger partial charge in [0.25, 0.3) is 0 Å².